The first kappa shape index (κ1) is 23.1. The van der Waals surface area contributed by atoms with Crippen LogP contribution in [0.5, 0.6) is 0 Å². The molecule has 33 heavy (non-hydrogen) atoms. The summed E-state index contributed by atoms with van der Waals surface area (Å²) in [5.74, 6) is 0.382. The molecule has 0 amide bonds. The number of rotatable bonds is 4. The van der Waals surface area contributed by atoms with E-state index < -0.39 is 23.5 Å². The van der Waals surface area contributed by atoms with Crippen LogP contribution in [0.3, 0.4) is 0 Å². The van der Waals surface area contributed by atoms with Crippen molar-refractivity contribution in [3.05, 3.63) is 88.5 Å². The minimum atomic E-state index is -4.90. The zero-order chi connectivity index (χ0) is 24.0. The van der Waals surface area contributed by atoms with Crippen molar-refractivity contribution in [2.24, 2.45) is 5.92 Å². The molecule has 0 radical (unpaired) electrons. The maximum absolute atomic E-state index is 13.6. The molecule has 0 aromatic heterocycles. The number of halogens is 6. The monoisotopic (exact) mass is 460 g/mol. The second-order valence-corrected chi connectivity index (χ2v) is 8.80. The van der Waals surface area contributed by atoms with Crippen molar-refractivity contribution in [2.45, 2.75) is 39.0 Å². The maximum Gasteiger partial charge on any atom is 0.416 e. The normalized spacial score (nSPS) is 13.9. The minimum Gasteiger partial charge on any atom is -0.166 e. The Morgan fingerprint density at radius 2 is 1.36 bits per heavy atom. The lowest BCUT2D eigenvalue weighted by atomic mass is 9.87. The van der Waals surface area contributed by atoms with E-state index in [2.05, 4.69) is 13.8 Å². The molecule has 0 saturated carbocycles. The summed E-state index contributed by atoms with van der Waals surface area (Å²) in [7, 11) is 0. The van der Waals surface area contributed by atoms with Gasteiger partial charge in [-0.2, -0.15) is 26.3 Å². The van der Waals surface area contributed by atoms with Gasteiger partial charge in [-0.3, -0.25) is 0 Å². The summed E-state index contributed by atoms with van der Waals surface area (Å²) < 4.78 is 81.5. The van der Waals surface area contributed by atoms with E-state index in [0.29, 0.717) is 29.0 Å². The molecule has 1 aliphatic carbocycles. The summed E-state index contributed by atoms with van der Waals surface area (Å²) in [5.41, 5.74) is 1.74. The molecule has 0 N–H and O–H groups in total. The molecule has 0 spiro atoms. The van der Waals surface area contributed by atoms with Crippen molar-refractivity contribution in [1.29, 1.82) is 0 Å². The Hall–Kier alpha value is -3.02. The average molecular weight is 460 g/mol. The van der Waals surface area contributed by atoms with Gasteiger partial charge in [-0.1, -0.05) is 68.0 Å². The highest BCUT2D eigenvalue weighted by Crippen LogP contribution is 2.45. The fourth-order valence-electron chi connectivity index (χ4n) is 4.41. The van der Waals surface area contributed by atoms with Gasteiger partial charge in [-0.15, -0.1) is 0 Å². The van der Waals surface area contributed by atoms with Gasteiger partial charge in [0.15, 0.2) is 0 Å². The van der Waals surface area contributed by atoms with E-state index in [0.717, 1.165) is 35.3 Å². The topological polar surface area (TPSA) is 0 Å². The number of alkyl halides is 6. The second kappa shape index (κ2) is 8.40. The Morgan fingerprint density at radius 3 is 1.91 bits per heavy atom. The molecular formula is C27H22F6. The van der Waals surface area contributed by atoms with Crippen LogP contribution in [0.2, 0.25) is 0 Å². The van der Waals surface area contributed by atoms with Gasteiger partial charge in [0.05, 0.1) is 11.1 Å². The molecule has 1 aliphatic rings. The standard InChI is InChI=1S/C27H22F6/c1-16(2)10-17-11-19-8-9-23(18-6-4-3-5-7-18)25(24(19)12-17)20-13-21(26(28,29)30)15-22(14-20)27(31,32)33/h3-9,12-16H,10-11H2,1-2H3. The van der Waals surface area contributed by atoms with Crippen molar-refractivity contribution in [2.75, 3.05) is 0 Å². The molecule has 4 rings (SSSR count). The number of hydrogen-bond acceptors (Lipinski definition) is 0. The molecular weight excluding hydrogens is 438 g/mol. The number of benzene rings is 3. The van der Waals surface area contributed by atoms with Gasteiger partial charge < -0.3 is 0 Å². The molecule has 0 unspecified atom stereocenters. The van der Waals surface area contributed by atoms with Crippen molar-refractivity contribution < 1.29 is 26.3 Å². The molecule has 6 heteroatoms. The predicted octanol–water partition coefficient (Wildman–Crippen LogP) is 9.04. The van der Waals surface area contributed by atoms with E-state index >= 15 is 0 Å². The van der Waals surface area contributed by atoms with E-state index in [4.69, 9.17) is 0 Å². The summed E-state index contributed by atoms with van der Waals surface area (Å²) in [6.07, 6.45) is -6.42. The summed E-state index contributed by atoms with van der Waals surface area (Å²) in [6, 6.07) is 14.5. The van der Waals surface area contributed by atoms with Crippen LogP contribution in [0.25, 0.3) is 28.3 Å². The van der Waals surface area contributed by atoms with Crippen molar-refractivity contribution in [1.82, 2.24) is 0 Å². The molecule has 0 heterocycles. The largest absolute Gasteiger partial charge is 0.416 e. The number of fused-ring (bicyclic) bond motifs is 1. The van der Waals surface area contributed by atoms with Gasteiger partial charge in [0, 0.05) is 0 Å². The van der Waals surface area contributed by atoms with Gasteiger partial charge in [0.1, 0.15) is 0 Å². The van der Waals surface area contributed by atoms with Crippen molar-refractivity contribution in [3.63, 3.8) is 0 Å². The quantitative estimate of drug-likeness (QED) is 0.341. The smallest absolute Gasteiger partial charge is 0.166 e. The summed E-state index contributed by atoms with van der Waals surface area (Å²) >= 11 is 0. The van der Waals surface area contributed by atoms with Crippen molar-refractivity contribution >= 4 is 6.08 Å². The molecule has 0 aliphatic heterocycles. The number of allylic oxidation sites excluding steroid dienone is 1. The Labute approximate surface area is 188 Å². The van der Waals surface area contributed by atoms with Crippen molar-refractivity contribution in [3.8, 4) is 22.3 Å². The zero-order valence-electron chi connectivity index (χ0n) is 18.1. The van der Waals surface area contributed by atoms with Gasteiger partial charge in [-0.05, 0) is 70.3 Å². The Balaban J connectivity index is 2.03. The molecule has 0 nitrogen and oxygen atoms in total. The molecule has 0 saturated heterocycles. The Morgan fingerprint density at radius 1 is 0.758 bits per heavy atom. The molecule has 0 bridgehead atoms. The van der Waals surface area contributed by atoms with E-state index in [-0.39, 0.29) is 11.6 Å². The van der Waals surface area contributed by atoms with Gasteiger partial charge in [0.2, 0.25) is 0 Å². The predicted molar refractivity (Wildman–Crippen MR) is 118 cm³/mol. The number of hydrogen-bond donors (Lipinski definition) is 0. The van der Waals surface area contributed by atoms with Crippen LogP contribution in [0.1, 0.15) is 42.5 Å². The van der Waals surface area contributed by atoms with Crippen LogP contribution in [0, 0.1) is 5.92 Å². The van der Waals surface area contributed by atoms with Crippen LogP contribution in [-0.2, 0) is 18.8 Å². The first-order valence-electron chi connectivity index (χ1n) is 10.6. The lowest BCUT2D eigenvalue weighted by Gasteiger charge is -2.19. The SMILES string of the molecule is CC(C)CC1=Cc2c(ccc(-c3ccccc3)c2-c2cc(C(F)(F)F)cc(C(F)(F)F)c2)C1. The van der Waals surface area contributed by atoms with Crippen LogP contribution in [-0.4, -0.2) is 0 Å². The summed E-state index contributed by atoms with van der Waals surface area (Å²) in [6.45, 7) is 4.14. The van der Waals surface area contributed by atoms with Crippen LogP contribution < -0.4 is 0 Å². The highest BCUT2D eigenvalue weighted by Gasteiger charge is 2.37. The maximum atomic E-state index is 13.6. The lowest BCUT2D eigenvalue weighted by molar-refractivity contribution is -0.143. The third-order valence-corrected chi connectivity index (χ3v) is 5.73. The van der Waals surface area contributed by atoms with Crippen LogP contribution in [0.15, 0.2) is 66.2 Å². The van der Waals surface area contributed by atoms with Gasteiger partial charge in [-0.25, -0.2) is 0 Å². The zero-order valence-corrected chi connectivity index (χ0v) is 18.1. The molecule has 3 aromatic carbocycles. The average Bonchev–Trinajstić information content (AvgIpc) is 3.13. The Kier molecular flexibility index (Phi) is 5.89. The summed E-state index contributed by atoms with van der Waals surface area (Å²) in [4.78, 5) is 0. The fourth-order valence-corrected chi connectivity index (χ4v) is 4.41. The van der Waals surface area contributed by atoms with E-state index in [9.17, 15) is 26.3 Å². The first-order chi connectivity index (χ1) is 15.4. The second-order valence-electron chi connectivity index (χ2n) is 8.80. The van der Waals surface area contributed by atoms with Gasteiger partial charge >= 0.3 is 12.4 Å². The van der Waals surface area contributed by atoms with Crippen LogP contribution in [0.4, 0.5) is 26.3 Å². The van der Waals surface area contributed by atoms with E-state index in [1.54, 1.807) is 30.3 Å². The third kappa shape index (κ3) is 4.85. The highest BCUT2D eigenvalue weighted by atomic mass is 19.4. The van der Waals surface area contributed by atoms with Gasteiger partial charge in [0.25, 0.3) is 0 Å². The Bertz CT molecular complexity index is 1170. The van der Waals surface area contributed by atoms with E-state index in [1.165, 1.54) is 0 Å². The lowest BCUT2D eigenvalue weighted by Crippen LogP contribution is -2.11. The van der Waals surface area contributed by atoms with E-state index in [1.807, 2.05) is 18.2 Å². The first-order valence-corrected chi connectivity index (χ1v) is 10.6. The minimum absolute atomic E-state index is 0.0881. The molecule has 0 atom stereocenters. The van der Waals surface area contributed by atoms with Crippen LogP contribution >= 0.6 is 0 Å². The molecule has 172 valence electrons. The molecule has 3 aromatic rings. The fraction of sp³-hybridized carbons (Fsp3) is 0.259. The third-order valence-electron chi connectivity index (χ3n) is 5.73. The molecule has 0 fully saturated rings. The summed E-state index contributed by atoms with van der Waals surface area (Å²) in [5, 5.41) is 0. The highest BCUT2D eigenvalue weighted by molar-refractivity contribution is 5.92.